The van der Waals surface area contributed by atoms with Crippen molar-refractivity contribution >= 4 is 22.9 Å². The van der Waals surface area contributed by atoms with Crippen LogP contribution >= 0.6 is 22.9 Å². The second-order valence-corrected chi connectivity index (χ2v) is 6.18. The van der Waals surface area contributed by atoms with Crippen molar-refractivity contribution in [1.82, 2.24) is 4.98 Å². The maximum absolute atomic E-state index is 13.0. The number of halogens is 2. The molecule has 1 nitrogen and oxygen atoms in total. The summed E-state index contributed by atoms with van der Waals surface area (Å²) in [6, 6.07) is 4.39. The number of thiazole rings is 1. The van der Waals surface area contributed by atoms with Gasteiger partial charge in [-0.05, 0) is 18.2 Å². The first-order valence-electron chi connectivity index (χ1n) is 5.29. The fourth-order valence-electron chi connectivity index (χ4n) is 1.40. The van der Waals surface area contributed by atoms with Crippen LogP contribution in [0.5, 0.6) is 0 Å². The van der Waals surface area contributed by atoms with Crippen LogP contribution in [-0.4, -0.2) is 4.98 Å². The molecule has 90 valence electrons. The van der Waals surface area contributed by atoms with Gasteiger partial charge in [-0.1, -0.05) is 32.4 Å². The Morgan fingerprint density at radius 3 is 2.53 bits per heavy atom. The number of rotatable bonds is 1. The van der Waals surface area contributed by atoms with E-state index >= 15 is 0 Å². The van der Waals surface area contributed by atoms with Crippen LogP contribution in [0.4, 0.5) is 4.39 Å². The summed E-state index contributed by atoms with van der Waals surface area (Å²) in [4.78, 5) is 4.55. The molecule has 2 rings (SSSR count). The molecule has 0 unspecified atom stereocenters. The van der Waals surface area contributed by atoms with Gasteiger partial charge in [0.25, 0.3) is 0 Å². The zero-order valence-electron chi connectivity index (χ0n) is 9.92. The van der Waals surface area contributed by atoms with Gasteiger partial charge < -0.3 is 0 Å². The summed E-state index contributed by atoms with van der Waals surface area (Å²) in [5.41, 5.74) is 1.83. The molecule has 0 spiro atoms. The second-order valence-electron chi connectivity index (χ2n) is 4.91. The van der Waals surface area contributed by atoms with Gasteiger partial charge in [0.2, 0.25) is 0 Å². The van der Waals surface area contributed by atoms with E-state index in [1.165, 1.54) is 23.5 Å². The molecule has 0 aliphatic rings. The third kappa shape index (κ3) is 2.67. The van der Waals surface area contributed by atoms with E-state index in [0.29, 0.717) is 5.02 Å². The van der Waals surface area contributed by atoms with Gasteiger partial charge in [0.05, 0.1) is 10.7 Å². The van der Waals surface area contributed by atoms with Crippen molar-refractivity contribution in [1.29, 1.82) is 0 Å². The highest BCUT2D eigenvalue weighted by atomic mass is 35.5. The van der Waals surface area contributed by atoms with Crippen LogP contribution in [0.3, 0.4) is 0 Å². The summed E-state index contributed by atoms with van der Waals surface area (Å²) in [5, 5.41) is 3.26. The van der Waals surface area contributed by atoms with Crippen molar-refractivity contribution in [2.75, 3.05) is 0 Å². The third-order valence-electron chi connectivity index (χ3n) is 2.43. The van der Waals surface area contributed by atoms with Gasteiger partial charge in [-0.25, -0.2) is 9.37 Å². The molecule has 0 saturated carbocycles. The minimum absolute atomic E-state index is 0.0151. The smallest absolute Gasteiger partial charge is 0.125 e. The predicted molar refractivity (Wildman–Crippen MR) is 71.2 cm³/mol. The molecule has 4 heteroatoms. The average molecular weight is 270 g/mol. The molecule has 2 aromatic rings. The summed E-state index contributed by atoms with van der Waals surface area (Å²) >= 11 is 7.55. The van der Waals surface area contributed by atoms with Crippen molar-refractivity contribution in [3.8, 4) is 10.6 Å². The van der Waals surface area contributed by atoms with Crippen LogP contribution in [0.25, 0.3) is 10.6 Å². The first-order chi connectivity index (χ1) is 7.88. The first kappa shape index (κ1) is 12.5. The minimum Gasteiger partial charge on any atom is -0.241 e. The number of aromatic nitrogens is 1. The molecule has 0 aliphatic carbocycles. The molecule has 1 aromatic heterocycles. The van der Waals surface area contributed by atoms with Crippen LogP contribution in [0.1, 0.15) is 26.5 Å². The molecule has 0 bridgehead atoms. The van der Waals surface area contributed by atoms with E-state index < -0.39 is 0 Å². The highest BCUT2D eigenvalue weighted by Gasteiger charge is 2.18. The highest BCUT2D eigenvalue weighted by molar-refractivity contribution is 7.13. The van der Waals surface area contributed by atoms with Crippen LogP contribution in [-0.2, 0) is 5.41 Å². The largest absolute Gasteiger partial charge is 0.241 e. The lowest BCUT2D eigenvalue weighted by Gasteiger charge is -2.14. The topological polar surface area (TPSA) is 12.9 Å². The maximum Gasteiger partial charge on any atom is 0.125 e. The molecule has 0 amide bonds. The molecule has 0 radical (unpaired) electrons. The Hall–Kier alpha value is -0.930. The fourth-order valence-corrected chi connectivity index (χ4v) is 2.80. The van der Waals surface area contributed by atoms with Gasteiger partial charge in [0.1, 0.15) is 10.8 Å². The van der Waals surface area contributed by atoms with Gasteiger partial charge in [0.15, 0.2) is 0 Å². The van der Waals surface area contributed by atoms with Gasteiger partial charge in [0, 0.05) is 16.4 Å². The van der Waals surface area contributed by atoms with Gasteiger partial charge >= 0.3 is 0 Å². The van der Waals surface area contributed by atoms with Crippen LogP contribution in [0.15, 0.2) is 23.6 Å². The molecule has 0 saturated heterocycles. The van der Waals surface area contributed by atoms with Crippen molar-refractivity contribution in [2.45, 2.75) is 26.2 Å². The van der Waals surface area contributed by atoms with E-state index in [9.17, 15) is 4.39 Å². The SMILES string of the molecule is CC(C)(C)c1csc(-c2ccc(F)cc2Cl)n1. The Kier molecular flexibility index (Phi) is 3.23. The minimum atomic E-state index is -0.327. The lowest BCUT2D eigenvalue weighted by atomic mass is 9.93. The van der Waals surface area contributed by atoms with Gasteiger partial charge in [-0.3, -0.25) is 0 Å². The Morgan fingerprint density at radius 1 is 1.29 bits per heavy atom. The van der Waals surface area contributed by atoms with Crippen molar-refractivity contribution in [3.63, 3.8) is 0 Å². The Labute approximate surface area is 109 Å². The molecule has 17 heavy (non-hydrogen) atoms. The van der Waals surface area contributed by atoms with Crippen LogP contribution in [0, 0.1) is 5.82 Å². The Balaban J connectivity index is 2.44. The highest BCUT2D eigenvalue weighted by Crippen LogP contribution is 2.33. The second kappa shape index (κ2) is 4.39. The summed E-state index contributed by atoms with van der Waals surface area (Å²) < 4.78 is 13.0. The molecule has 0 fully saturated rings. The molecule has 1 aromatic carbocycles. The van der Waals surface area contributed by atoms with Crippen LogP contribution < -0.4 is 0 Å². The number of benzene rings is 1. The lowest BCUT2D eigenvalue weighted by molar-refractivity contribution is 0.573. The first-order valence-corrected chi connectivity index (χ1v) is 6.55. The normalized spacial score (nSPS) is 11.8. The Morgan fingerprint density at radius 2 is 2.00 bits per heavy atom. The summed E-state index contributed by atoms with van der Waals surface area (Å²) in [7, 11) is 0. The quantitative estimate of drug-likeness (QED) is 0.717. The standard InChI is InChI=1S/C13H13ClFNS/c1-13(2,3)11-7-17-12(16-11)9-5-4-8(15)6-10(9)14/h4-7H,1-3H3. The molecular weight excluding hydrogens is 257 g/mol. The molecule has 1 heterocycles. The number of hydrogen-bond acceptors (Lipinski definition) is 2. The predicted octanol–water partition coefficient (Wildman–Crippen LogP) is 4.90. The van der Waals surface area contributed by atoms with Gasteiger partial charge in [-0.2, -0.15) is 0 Å². The number of nitrogens with zero attached hydrogens (tertiary/aromatic N) is 1. The van der Waals surface area contributed by atoms with Gasteiger partial charge in [-0.15, -0.1) is 11.3 Å². The van der Waals surface area contributed by atoms with E-state index in [1.54, 1.807) is 6.07 Å². The van der Waals surface area contributed by atoms with E-state index in [1.807, 2.05) is 5.38 Å². The van der Waals surface area contributed by atoms with E-state index in [-0.39, 0.29) is 11.2 Å². The fraction of sp³-hybridized carbons (Fsp3) is 0.308. The zero-order valence-corrected chi connectivity index (χ0v) is 11.5. The third-order valence-corrected chi connectivity index (χ3v) is 3.62. The molecule has 0 atom stereocenters. The van der Waals surface area contributed by atoms with E-state index in [0.717, 1.165) is 16.3 Å². The summed E-state index contributed by atoms with van der Waals surface area (Å²) in [6.45, 7) is 6.33. The van der Waals surface area contributed by atoms with E-state index in [2.05, 4.69) is 25.8 Å². The van der Waals surface area contributed by atoms with Crippen molar-refractivity contribution in [3.05, 3.63) is 40.1 Å². The van der Waals surface area contributed by atoms with E-state index in [4.69, 9.17) is 11.6 Å². The number of hydrogen-bond donors (Lipinski definition) is 0. The van der Waals surface area contributed by atoms with Crippen molar-refractivity contribution < 1.29 is 4.39 Å². The Bertz CT molecular complexity index is 543. The lowest BCUT2D eigenvalue weighted by Crippen LogP contribution is -2.11. The van der Waals surface area contributed by atoms with Crippen molar-refractivity contribution in [2.24, 2.45) is 0 Å². The average Bonchev–Trinajstić information content (AvgIpc) is 2.65. The summed E-state index contributed by atoms with van der Waals surface area (Å²) in [5.74, 6) is -0.327. The monoisotopic (exact) mass is 269 g/mol. The summed E-state index contributed by atoms with van der Waals surface area (Å²) in [6.07, 6.45) is 0. The van der Waals surface area contributed by atoms with Crippen LogP contribution in [0.2, 0.25) is 5.02 Å². The molecule has 0 aliphatic heterocycles. The maximum atomic E-state index is 13.0. The molecule has 0 N–H and O–H groups in total. The molecular formula is C13H13ClFNS. The zero-order chi connectivity index (χ0) is 12.6.